The van der Waals surface area contributed by atoms with E-state index in [0.29, 0.717) is 12.8 Å². The van der Waals surface area contributed by atoms with Gasteiger partial charge in [-0.3, -0.25) is 0 Å². The molecule has 0 spiro atoms. The van der Waals surface area contributed by atoms with E-state index in [1.807, 2.05) is 30.7 Å². The van der Waals surface area contributed by atoms with Crippen molar-refractivity contribution in [3.8, 4) is 11.5 Å². The number of aromatic nitrogens is 2. The minimum Gasteiger partial charge on any atom is -0.454 e. The highest BCUT2D eigenvalue weighted by Crippen LogP contribution is 2.34. The SMILES string of the molecule is CC(C)n1cncc1CNc1ccc2c(c1)OCO2. The van der Waals surface area contributed by atoms with Crippen molar-refractivity contribution >= 4 is 5.69 Å². The molecule has 1 aliphatic rings. The van der Waals surface area contributed by atoms with E-state index < -0.39 is 0 Å². The molecule has 1 N–H and O–H groups in total. The number of hydrogen-bond donors (Lipinski definition) is 1. The molecule has 1 aromatic carbocycles. The van der Waals surface area contributed by atoms with E-state index in [1.54, 1.807) is 0 Å². The molecular formula is C14H17N3O2. The van der Waals surface area contributed by atoms with Crippen LogP contribution in [0.3, 0.4) is 0 Å². The van der Waals surface area contributed by atoms with E-state index in [4.69, 9.17) is 9.47 Å². The van der Waals surface area contributed by atoms with Crippen LogP contribution in [0.25, 0.3) is 0 Å². The van der Waals surface area contributed by atoms with E-state index in [9.17, 15) is 0 Å². The van der Waals surface area contributed by atoms with Crippen molar-refractivity contribution in [2.75, 3.05) is 12.1 Å². The Bertz CT molecular complexity index is 578. The summed E-state index contributed by atoms with van der Waals surface area (Å²) < 4.78 is 12.8. The second kappa shape index (κ2) is 4.84. The Hall–Kier alpha value is -2.17. The molecule has 5 nitrogen and oxygen atoms in total. The van der Waals surface area contributed by atoms with E-state index in [-0.39, 0.29) is 0 Å². The lowest BCUT2D eigenvalue weighted by Crippen LogP contribution is -2.08. The van der Waals surface area contributed by atoms with Gasteiger partial charge < -0.3 is 19.4 Å². The number of hydrogen-bond acceptors (Lipinski definition) is 4. The Balaban J connectivity index is 1.70. The van der Waals surface area contributed by atoms with E-state index in [1.165, 1.54) is 0 Å². The van der Waals surface area contributed by atoms with Gasteiger partial charge in [0, 0.05) is 24.0 Å². The summed E-state index contributed by atoms with van der Waals surface area (Å²) in [5.41, 5.74) is 2.17. The molecule has 0 fully saturated rings. The Morgan fingerprint density at radius 2 is 2.16 bits per heavy atom. The third-order valence-electron chi connectivity index (χ3n) is 3.15. The second-order valence-corrected chi connectivity index (χ2v) is 4.81. The Labute approximate surface area is 112 Å². The molecule has 0 radical (unpaired) electrons. The van der Waals surface area contributed by atoms with Gasteiger partial charge in [0.25, 0.3) is 0 Å². The van der Waals surface area contributed by atoms with Crippen molar-refractivity contribution in [3.63, 3.8) is 0 Å². The van der Waals surface area contributed by atoms with Gasteiger partial charge in [0.1, 0.15) is 0 Å². The van der Waals surface area contributed by atoms with Gasteiger partial charge in [0.05, 0.1) is 18.6 Å². The van der Waals surface area contributed by atoms with Crippen LogP contribution in [0.15, 0.2) is 30.7 Å². The van der Waals surface area contributed by atoms with Crippen molar-refractivity contribution in [3.05, 3.63) is 36.4 Å². The number of ether oxygens (including phenoxy) is 2. The maximum absolute atomic E-state index is 5.36. The van der Waals surface area contributed by atoms with Gasteiger partial charge in [-0.1, -0.05) is 0 Å². The van der Waals surface area contributed by atoms with Crippen LogP contribution in [0.1, 0.15) is 25.6 Å². The third kappa shape index (κ3) is 2.36. The highest BCUT2D eigenvalue weighted by atomic mass is 16.7. The van der Waals surface area contributed by atoms with Crippen LogP contribution in [0.4, 0.5) is 5.69 Å². The summed E-state index contributed by atoms with van der Waals surface area (Å²) >= 11 is 0. The van der Waals surface area contributed by atoms with Crippen LogP contribution in [0.2, 0.25) is 0 Å². The van der Waals surface area contributed by atoms with Crippen LogP contribution in [-0.2, 0) is 6.54 Å². The number of imidazole rings is 1. The number of nitrogens with zero attached hydrogens (tertiary/aromatic N) is 2. The summed E-state index contributed by atoms with van der Waals surface area (Å²) in [4.78, 5) is 4.19. The van der Waals surface area contributed by atoms with Gasteiger partial charge in [-0.25, -0.2) is 4.98 Å². The van der Waals surface area contributed by atoms with Gasteiger partial charge in [0.2, 0.25) is 6.79 Å². The van der Waals surface area contributed by atoms with Gasteiger partial charge >= 0.3 is 0 Å². The zero-order chi connectivity index (χ0) is 13.2. The first-order chi connectivity index (χ1) is 9.24. The Morgan fingerprint density at radius 3 is 3.00 bits per heavy atom. The Morgan fingerprint density at radius 1 is 1.32 bits per heavy atom. The maximum Gasteiger partial charge on any atom is 0.231 e. The van der Waals surface area contributed by atoms with Crippen molar-refractivity contribution in [2.24, 2.45) is 0 Å². The standard InChI is InChI=1S/C14H17N3O2/c1-10(2)17-8-15-6-12(17)7-16-11-3-4-13-14(5-11)19-9-18-13/h3-6,8,10,16H,7,9H2,1-2H3. The molecule has 3 rings (SSSR count). The van der Waals surface area contributed by atoms with Gasteiger partial charge in [-0.05, 0) is 26.0 Å². The van der Waals surface area contributed by atoms with Crippen LogP contribution in [-0.4, -0.2) is 16.3 Å². The molecule has 19 heavy (non-hydrogen) atoms. The molecule has 1 aliphatic heterocycles. The molecule has 0 aliphatic carbocycles. The maximum atomic E-state index is 5.36. The van der Waals surface area contributed by atoms with Crippen LogP contribution >= 0.6 is 0 Å². The minimum atomic E-state index is 0.304. The first-order valence-corrected chi connectivity index (χ1v) is 6.38. The van der Waals surface area contributed by atoms with Gasteiger partial charge in [-0.15, -0.1) is 0 Å². The lowest BCUT2D eigenvalue weighted by Gasteiger charge is -2.13. The quantitative estimate of drug-likeness (QED) is 0.917. The summed E-state index contributed by atoms with van der Waals surface area (Å²) in [6.45, 7) is 5.33. The highest BCUT2D eigenvalue weighted by molar-refractivity contribution is 5.55. The molecule has 0 amide bonds. The van der Waals surface area contributed by atoms with Crippen molar-refractivity contribution in [2.45, 2.75) is 26.4 Å². The van der Waals surface area contributed by atoms with Crippen molar-refractivity contribution < 1.29 is 9.47 Å². The van der Waals surface area contributed by atoms with Crippen LogP contribution in [0, 0.1) is 0 Å². The largest absolute Gasteiger partial charge is 0.454 e. The fourth-order valence-corrected chi connectivity index (χ4v) is 2.13. The number of benzene rings is 1. The molecule has 100 valence electrons. The topological polar surface area (TPSA) is 48.3 Å². The molecule has 2 aromatic rings. The number of anilines is 1. The summed E-state index contributed by atoms with van der Waals surface area (Å²) in [6.07, 6.45) is 3.75. The van der Waals surface area contributed by atoms with E-state index in [2.05, 4.69) is 28.7 Å². The van der Waals surface area contributed by atoms with Crippen LogP contribution in [0.5, 0.6) is 11.5 Å². The highest BCUT2D eigenvalue weighted by Gasteiger charge is 2.13. The Kier molecular flexibility index (Phi) is 3.03. The number of nitrogens with one attached hydrogen (secondary N) is 1. The molecule has 0 bridgehead atoms. The molecule has 1 aromatic heterocycles. The first-order valence-electron chi connectivity index (χ1n) is 6.38. The average molecular weight is 259 g/mol. The van der Waals surface area contributed by atoms with E-state index >= 15 is 0 Å². The fraction of sp³-hybridized carbons (Fsp3) is 0.357. The lowest BCUT2D eigenvalue weighted by atomic mass is 10.2. The summed E-state index contributed by atoms with van der Waals surface area (Å²) in [5, 5.41) is 3.38. The molecule has 2 heterocycles. The molecule has 0 saturated carbocycles. The molecule has 5 heteroatoms. The zero-order valence-electron chi connectivity index (χ0n) is 11.1. The zero-order valence-corrected chi connectivity index (χ0v) is 11.1. The number of rotatable bonds is 4. The monoisotopic (exact) mass is 259 g/mol. The fourth-order valence-electron chi connectivity index (χ4n) is 2.13. The molecule has 0 saturated heterocycles. The summed E-state index contributed by atoms with van der Waals surface area (Å²) in [5.74, 6) is 1.60. The van der Waals surface area contributed by atoms with Gasteiger partial charge in [-0.2, -0.15) is 0 Å². The van der Waals surface area contributed by atoms with E-state index in [0.717, 1.165) is 29.4 Å². The number of fused-ring (bicyclic) bond motifs is 1. The predicted octanol–water partition coefficient (Wildman–Crippen LogP) is 2.80. The van der Waals surface area contributed by atoms with Crippen LogP contribution < -0.4 is 14.8 Å². The average Bonchev–Trinajstić information content (AvgIpc) is 3.04. The first kappa shape index (κ1) is 11.9. The second-order valence-electron chi connectivity index (χ2n) is 4.81. The normalized spacial score (nSPS) is 13.0. The van der Waals surface area contributed by atoms with Crippen molar-refractivity contribution in [1.29, 1.82) is 0 Å². The summed E-state index contributed by atoms with van der Waals surface area (Å²) in [6, 6.07) is 6.28. The third-order valence-corrected chi connectivity index (χ3v) is 3.15. The molecule has 0 atom stereocenters. The minimum absolute atomic E-state index is 0.304. The molecule has 0 unspecified atom stereocenters. The van der Waals surface area contributed by atoms with Gasteiger partial charge in [0.15, 0.2) is 11.5 Å². The lowest BCUT2D eigenvalue weighted by molar-refractivity contribution is 0.174. The smallest absolute Gasteiger partial charge is 0.231 e. The molecular weight excluding hydrogens is 242 g/mol. The van der Waals surface area contributed by atoms with Crippen molar-refractivity contribution in [1.82, 2.24) is 9.55 Å². The summed E-state index contributed by atoms with van der Waals surface area (Å²) in [7, 11) is 0. The predicted molar refractivity (Wildman–Crippen MR) is 72.5 cm³/mol.